The number of aromatic nitrogens is 1. The van der Waals surface area contributed by atoms with Gasteiger partial charge in [-0.3, -0.25) is 0 Å². The third-order valence-corrected chi connectivity index (χ3v) is 4.87. The van der Waals surface area contributed by atoms with E-state index in [1.54, 1.807) is 0 Å². The van der Waals surface area contributed by atoms with E-state index in [1.165, 1.54) is 11.1 Å². The third-order valence-electron chi connectivity index (χ3n) is 4.05. The van der Waals surface area contributed by atoms with Crippen LogP contribution in [0.2, 0.25) is 0 Å². The number of nitrogens with one attached hydrogen (secondary N) is 1. The molecular weight excluding hydrogens is 318 g/mol. The van der Waals surface area contributed by atoms with E-state index in [0.717, 1.165) is 35.8 Å². The molecule has 0 fully saturated rings. The fraction of sp³-hybridized carbons (Fsp3) is 0.312. The van der Waals surface area contributed by atoms with Gasteiger partial charge >= 0.3 is 5.97 Å². The van der Waals surface area contributed by atoms with Crippen molar-refractivity contribution in [2.24, 2.45) is 0 Å². The van der Waals surface area contributed by atoms with Gasteiger partial charge in [0, 0.05) is 5.69 Å². The molecule has 104 valence electrons. The van der Waals surface area contributed by atoms with Crippen LogP contribution in [0.3, 0.4) is 0 Å². The molecule has 1 heterocycles. The zero-order chi connectivity index (χ0) is 14.1. The third kappa shape index (κ3) is 2.40. The second-order valence-electron chi connectivity index (χ2n) is 5.27. The fourth-order valence-electron chi connectivity index (χ4n) is 3.05. The highest BCUT2D eigenvalue weighted by molar-refractivity contribution is 9.10. The van der Waals surface area contributed by atoms with Gasteiger partial charge in [0.25, 0.3) is 0 Å². The zero-order valence-electron chi connectivity index (χ0n) is 11.0. The molecule has 0 aliphatic heterocycles. The smallest absolute Gasteiger partial charge is 0.353 e. The largest absolute Gasteiger partial charge is 0.477 e. The lowest BCUT2D eigenvalue weighted by Crippen LogP contribution is -2.00. The minimum atomic E-state index is -0.895. The normalized spacial score (nSPS) is 17.1. The number of halogens is 1. The number of fused-ring (bicyclic) bond motifs is 1. The second-order valence-corrected chi connectivity index (χ2v) is 6.06. The maximum atomic E-state index is 11.2. The number of benzene rings is 1. The first-order chi connectivity index (χ1) is 9.66. The van der Waals surface area contributed by atoms with Crippen molar-refractivity contribution >= 4 is 21.9 Å². The maximum absolute atomic E-state index is 11.2. The summed E-state index contributed by atoms with van der Waals surface area (Å²) in [7, 11) is 0. The number of H-pyrrole nitrogens is 1. The van der Waals surface area contributed by atoms with Crippen LogP contribution in [-0.4, -0.2) is 16.1 Å². The fourth-order valence-corrected chi connectivity index (χ4v) is 3.88. The van der Waals surface area contributed by atoms with Gasteiger partial charge in [-0.1, -0.05) is 30.3 Å². The van der Waals surface area contributed by atoms with Crippen molar-refractivity contribution in [1.29, 1.82) is 0 Å². The van der Waals surface area contributed by atoms with Gasteiger partial charge < -0.3 is 10.1 Å². The molecule has 0 bridgehead atoms. The Morgan fingerprint density at radius 3 is 2.80 bits per heavy atom. The number of rotatable bonds is 4. The van der Waals surface area contributed by atoms with Crippen LogP contribution >= 0.6 is 15.9 Å². The van der Waals surface area contributed by atoms with Gasteiger partial charge in [-0.2, -0.15) is 0 Å². The van der Waals surface area contributed by atoms with Crippen LogP contribution in [0.4, 0.5) is 0 Å². The summed E-state index contributed by atoms with van der Waals surface area (Å²) < 4.78 is 0.746. The van der Waals surface area contributed by atoms with E-state index in [-0.39, 0.29) is 0 Å². The van der Waals surface area contributed by atoms with E-state index in [4.69, 9.17) is 5.11 Å². The lowest BCUT2D eigenvalue weighted by atomic mass is 9.95. The first-order valence-corrected chi connectivity index (χ1v) is 7.63. The molecule has 1 unspecified atom stereocenters. The molecule has 0 saturated heterocycles. The predicted molar refractivity (Wildman–Crippen MR) is 81.3 cm³/mol. The van der Waals surface area contributed by atoms with Crippen LogP contribution in [-0.2, 0) is 12.8 Å². The molecule has 0 radical (unpaired) electrons. The molecule has 3 nitrogen and oxygen atoms in total. The Hall–Kier alpha value is -1.55. The Kier molecular flexibility index (Phi) is 3.66. The molecule has 1 aliphatic rings. The van der Waals surface area contributed by atoms with E-state index >= 15 is 0 Å². The Balaban J connectivity index is 1.77. The quantitative estimate of drug-likeness (QED) is 0.883. The molecule has 1 aliphatic carbocycles. The van der Waals surface area contributed by atoms with Crippen LogP contribution < -0.4 is 0 Å². The SMILES string of the molecule is O=C(O)c1[nH]c2c(c1Br)C(CCc1ccccc1)CC2. The molecule has 2 aromatic rings. The summed E-state index contributed by atoms with van der Waals surface area (Å²) in [5.74, 6) is -0.447. The minimum Gasteiger partial charge on any atom is -0.477 e. The summed E-state index contributed by atoms with van der Waals surface area (Å²) in [4.78, 5) is 14.2. The van der Waals surface area contributed by atoms with Crippen molar-refractivity contribution in [3.8, 4) is 0 Å². The summed E-state index contributed by atoms with van der Waals surface area (Å²) >= 11 is 3.46. The van der Waals surface area contributed by atoms with Gasteiger partial charge in [0.15, 0.2) is 0 Å². The monoisotopic (exact) mass is 333 g/mol. The topological polar surface area (TPSA) is 53.1 Å². The first kappa shape index (κ1) is 13.4. The van der Waals surface area contributed by atoms with E-state index < -0.39 is 5.97 Å². The lowest BCUT2D eigenvalue weighted by molar-refractivity contribution is 0.0690. The van der Waals surface area contributed by atoms with Gasteiger partial charge in [0.2, 0.25) is 0 Å². The van der Waals surface area contributed by atoms with Crippen LogP contribution in [0.5, 0.6) is 0 Å². The highest BCUT2D eigenvalue weighted by Gasteiger charge is 2.30. The van der Waals surface area contributed by atoms with Crippen LogP contribution in [0.25, 0.3) is 0 Å². The molecule has 3 rings (SSSR count). The number of hydrogen-bond donors (Lipinski definition) is 2. The average Bonchev–Trinajstić information content (AvgIpc) is 2.99. The van der Waals surface area contributed by atoms with E-state index in [2.05, 4.69) is 45.2 Å². The van der Waals surface area contributed by atoms with Crippen molar-refractivity contribution in [1.82, 2.24) is 4.98 Å². The van der Waals surface area contributed by atoms with E-state index in [9.17, 15) is 4.79 Å². The van der Waals surface area contributed by atoms with Gasteiger partial charge in [0.05, 0.1) is 4.47 Å². The molecule has 0 amide bonds. The Labute approximate surface area is 126 Å². The minimum absolute atomic E-state index is 0.291. The first-order valence-electron chi connectivity index (χ1n) is 6.84. The number of aromatic amines is 1. The van der Waals surface area contributed by atoms with E-state index in [0.29, 0.717) is 11.6 Å². The molecule has 0 spiro atoms. The number of aromatic carboxylic acids is 1. The van der Waals surface area contributed by atoms with Crippen molar-refractivity contribution in [2.45, 2.75) is 31.6 Å². The van der Waals surface area contributed by atoms with Gasteiger partial charge in [-0.15, -0.1) is 0 Å². The molecule has 1 aromatic heterocycles. The molecule has 4 heteroatoms. The number of carboxylic acids is 1. The molecule has 1 aromatic carbocycles. The molecule has 0 saturated carbocycles. The van der Waals surface area contributed by atoms with Gasteiger partial charge in [-0.25, -0.2) is 4.79 Å². The average molecular weight is 334 g/mol. The van der Waals surface area contributed by atoms with E-state index in [1.807, 2.05) is 6.07 Å². The molecular formula is C16H16BrNO2. The second kappa shape index (κ2) is 5.44. The van der Waals surface area contributed by atoms with Crippen molar-refractivity contribution < 1.29 is 9.90 Å². The van der Waals surface area contributed by atoms with Crippen molar-refractivity contribution in [3.05, 3.63) is 57.3 Å². The van der Waals surface area contributed by atoms with Crippen molar-refractivity contribution in [3.63, 3.8) is 0 Å². The molecule has 1 atom stereocenters. The van der Waals surface area contributed by atoms with Crippen molar-refractivity contribution in [2.75, 3.05) is 0 Å². The maximum Gasteiger partial charge on any atom is 0.353 e. The van der Waals surface area contributed by atoms with Crippen LogP contribution in [0.1, 0.15) is 46.1 Å². The highest BCUT2D eigenvalue weighted by Crippen LogP contribution is 2.42. The summed E-state index contributed by atoms with van der Waals surface area (Å²) in [6, 6.07) is 10.4. The summed E-state index contributed by atoms with van der Waals surface area (Å²) in [6.07, 6.45) is 4.14. The van der Waals surface area contributed by atoms with Gasteiger partial charge in [0.1, 0.15) is 5.69 Å². The van der Waals surface area contributed by atoms with Crippen LogP contribution in [0.15, 0.2) is 34.8 Å². The highest BCUT2D eigenvalue weighted by atomic mass is 79.9. The molecule has 20 heavy (non-hydrogen) atoms. The number of carboxylic acid groups (broad SMARTS) is 1. The molecule has 2 N–H and O–H groups in total. The Bertz CT molecular complexity index is 633. The number of aryl methyl sites for hydroxylation is 2. The summed E-state index contributed by atoms with van der Waals surface area (Å²) in [5, 5.41) is 9.16. The summed E-state index contributed by atoms with van der Waals surface area (Å²) in [5.41, 5.74) is 3.90. The number of hydrogen-bond acceptors (Lipinski definition) is 1. The summed E-state index contributed by atoms with van der Waals surface area (Å²) in [6.45, 7) is 0. The zero-order valence-corrected chi connectivity index (χ0v) is 12.6. The standard InChI is InChI=1S/C16H16BrNO2/c17-14-13-11(7-6-10-4-2-1-3-5-10)8-9-12(13)18-15(14)16(19)20/h1-5,11,18H,6-9H2,(H,19,20). The van der Waals surface area contributed by atoms with Gasteiger partial charge in [-0.05, 0) is 58.7 Å². The predicted octanol–water partition coefficient (Wildman–Crippen LogP) is 4.14. The lowest BCUT2D eigenvalue weighted by Gasteiger charge is -2.11. The number of carbonyl (C=O) groups is 1. The Morgan fingerprint density at radius 2 is 2.10 bits per heavy atom. The van der Waals surface area contributed by atoms with Crippen LogP contribution in [0, 0.1) is 0 Å². The Morgan fingerprint density at radius 1 is 1.35 bits per heavy atom.